The molecule has 106 valence electrons. The van der Waals surface area contributed by atoms with E-state index in [0.29, 0.717) is 22.2 Å². The van der Waals surface area contributed by atoms with Gasteiger partial charge in [-0.05, 0) is 30.2 Å². The average Bonchev–Trinajstić information content (AvgIpc) is 2.49. The van der Waals surface area contributed by atoms with Crippen LogP contribution in [0.15, 0.2) is 36.4 Å². The first kappa shape index (κ1) is 15.0. The lowest BCUT2D eigenvalue weighted by molar-refractivity contribution is -0.385. The van der Waals surface area contributed by atoms with Gasteiger partial charge in [-0.2, -0.15) is 5.26 Å². The number of nitro benzene ring substituents is 1. The van der Waals surface area contributed by atoms with Gasteiger partial charge in [0.2, 0.25) is 5.75 Å². The standard InChI is InChI=1S/C15H11BrN2O3/c1-10-3-2-4-13(18(19)20)15(10)21-14-6-5-11(8-16)7-12(14)9-17/h2-7H,8H2,1H3. The van der Waals surface area contributed by atoms with Crippen molar-refractivity contribution in [3.63, 3.8) is 0 Å². The summed E-state index contributed by atoms with van der Waals surface area (Å²) in [6.07, 6.45) is 0. The lowest BCUT2D eigenvalue weighted by atomic mass is 10.1. The number of hydrogen-bond donors (Lipinski definition) is 0. The van der Waals surface area contributed by atoms with E-state index in [1.54, 1.807) is 37.3 Å². The van der Waals surface area contributed by atoms with Crippen molar-refractivity contribution in [1.29, 1.82) is 5.26 Å². The van der Waals surface area contributed by atoms with Crippen LogP contribution < -0.4 is 4.74 Å². The normalized spacial score (nSPS) is 9.95. The van der Waals surface area contributed by atoms with Gasteiger partial charge in [-0.1, -0.05) is 34.1 Å². The number of nitriles is 1. The second-order valence-electron chi connectivity index (χ2n) is 4.36. The highest BCUT2D eigenvalue weighted by atomic mass is 79.9. The first-order valence-corrected chi connectivity index (χ1v) is 7.19. The molecule has 0 saturated heterocycles. The summed E-state index contributed by atoms with van der Waals surface area (Å²) in [5, 5.41) is 20.9. The van der Waals surface area contributed by atoms with E-state index < -0.39 is 4.92 Å². The molecule has 0 radical (unpaired) electrons. The number of hydrogen-bond acceptors (Lipinski definition) is 4. The second-order valence-corrected chi connectivity index (χ2v) is 4.92. The third-order valence-electron chi connectivity index (χ3n) is 2.92. The Morgan fingerprint density at radius 1 is 1.38 bits per heavy atom. The molecule has 0 aromatic heterocycles. The first-order valence-electron chi connectivity index (χ1n) is 6.07. The molecule has 0 fully saturated rings. The van der Waals surface area contributed by atoms with E-state index in [2.05, 4.69) is 15.9 Å². The van der Waals surface area contributed by atoms with Crippen LogP contribution in [0.5, 0.6) is 11.5 Å². The number of halogens is 1. The average molecular weight is 347 g/mol. The van der Waals surface area contributed by atoms with E-state index in [4.69, 9.17) is 4.74 Å². The lowest BCUT2D eigenvalue weighted by Crippen LogP contribution is -1.97. The van der Waals surface area contributed by atoms with Crippen LogP contribution in [0.2, 0.25) is 0 Å². The minimum atomic E-state index is -0.499. The molecular weight excluding hydrogens is 336 g/mol. The Labute approximate surface area is 130 Å². The number of para-hydroxylation sites is 1. The Morgan fingerprint density at radius 2 is 2.14 bits per heavy atom. The van der Waals surface area contributed by atoms with Crippen LogP contribution in [-0.4, -0.2) is 4.92 Å². The Bertz CT molecular complexity index is 738. The van der Waals surface area contributed by atoms with Crippen LogP contribution in [0, 0.1) is 28.4 Å². The van der Waals surface area contributed by atoms with Crippen molar-refractivity contribution >= 4 is 21.6 Å². The van der Waals surface area contributed by atoms with E-state index >= 15 is 0 Å². The van der Waals surface area contributed by atoms with Gasteiger partial charge in [-0.15, -0.1) is 0 Å². The molecule has 0 unspecified atom stereocenters. The predicted octanol–water partition coefficient (Wildman–Crippen LogP) is 4.46. The topological polar surface area (TPSA) is 76.2 Å². The molecule has 0 atom stereocenters. The molecule has 2 rings (SSSR count). The van der Waals surface area contributed by atoms with Crippen LogP contribution in [0.25, 0.3) is 0 Å². The zero-order chi connectivity index (χ0) is 15.4. The maximum absolute atomic E-state index is 11.1. The third-order valence-corrected chi connectivity index (χ3v) is 3.57. The monoisotopic (exact) mass is 346 g/mol. The maximum Gasteiger partial charge on any atom is 0.311 e. The summed E-state index contributed by atoms with van der Waals surface area (Å²) >= 11 is 3.31. The predicted molar refractivity (Wildman–Crippen MR) is 81.7 cm³/mol. The number of benzene rings is 2. The molecule has 0 aliphatic rings. The Balaban J connectivity index is 2.48. The fourth-order valence-corrected chi connectivity index (χ4v) is 2.21. The zero-order valence-electron chi connectivity index (χ0n) is 11.2. The number of nitro groups is 1. The maximum atomic E-state index is 11.1. The van der Waals surface area contributed by atoms with E-state index in [-0.39, 0.29) is 11.4 Å². The van der Waals surface area contributed by atoms with Crippen LogP contribution in [-0.2, 0) is 5.33 Å². The van der Waals surface area contributed by atoms with Gasteiger partial charge in [0.15, 0.2) is 0 Å². The van der Waals surface area contributed by atoms with Gasteiger partial charge >= 0.3 is 5.69 Å². The van der Waals surface area contributed by atoms with Gasteiger partial charge in [0.05, 0.1) is 10.5 Å². The minimum absolute atomic E-state index is 0.122. The molecule has 0 N–H and O–H groups in total. The SMILES string of the molecule is Cc1cccc([N+](=O)[O-])c1Oc1ccc(CBr)cc1C#N. The van der Waals surface area contributed by atoms with Crippen molar-refractivity contribution in [2.75, 3.05) is 0 Å². The smallest absolute Gasteiger partial charge is 0.311 e. The van der Waals surface area contributed by atoms with Crippen LogP contribution in [0.1, 0.15) is 16.7 Å². The molecule has 0 bridgehead atoms. The van der Waals surface area contributed by atoms with Crippen molar-refractivity contribution in [2.45, 2.75) is 12.3 Å². The number of aryl methyl sites for hydroxylation is 1. The number of rotatable bonds is 4. The Kier molecular flexibility index (Phi) is 4.55. The van der Waals surface area contributed by atoms with Crippen molar-refractivity contribution in [1.82, 2.24) is 0 Å². The number of nitrogens with zero attached hydrogens (tertiary/aromatic N) is 2. The molecule has 0 spiro atoms. The van der Waals surface area contributed by atoms with E-state index in [9.17, 15) is 15.4 Å². The fraction of sp³-hybridized carbons (Fsp3) is 0.133. The summed E-state index contributed by atoms with van der Waals surface area (Å²) in [5.41, 5.74) is 1.78. The third kappa shape index (κ3) is 3.20. The summed E-state index contributed by atoms with van der Waals surface area (Å²) in [6, 6.07) is 11.9. The van der Waals surface area contributed by atoms with E-state index in [1.165, 1.54) is 6.07 Å². The van der Waals surface area contributed by atoms with Gasteiger partial charge in [-0.25, -0.2) is 0 Å². The molecular formula is C15H11BrN2O3. The molecule has 2 aromatic rings. The van der Waals surface area contributed by atoms with Crippen molar-refractivity contribution < 1.29 is 9.66 Å². The highest BCUT2D eigenvalue weighted by Crippen LogP contribution is 2.35. The number of ether oxygens (including phenoxy) is 1. The van der Waals surface area contributed by atoms with Gasteiger partial charge in [0, 0.05) is 11.4 Å². The summed E-state index contributed by atoms with van der Waals surface area (Å²) in [4.78, 5) is 10.6. The van der Waals surface area contributed by atoms with Gasteiger partial charge < -0.3 is 4.74 Å². The molecule has 0 saturated carbocycles. The van der Waals surface area contributed by atoms with Crippen molar-refractivity contribution in [3.8, 4) is 17.6 Å². The molecule has 0 heterocycles. The molecule has 5 nitrogen and oxygen atoms in total. The molecule has 0 aliphatic heterocycles. The molecule has 0 aliphatic carbocycles. The summed E-state index contributed by atoms with van der Waals surface area (Å²) in [6.45, 7) is 1.72. The molecule has 2 aromatic carbocycles. The van der Waals surface area contributed by atoms with E-state index in [0.717, 1.165) is 5.56 Å². The minimum Gasteiger partial charge on any atom is -0.448 e. The summed E-state index contributed by atoms with van der Waals surface area (Å²) < 4.78 is 5.64. The summed E-state index contributed by atoms with van der Waals surface area (Å²) in [7, 11) is 0. The van der Waals surface area contributed by atoms with Crippen LogP contribution in [0.3, 0.4) is 0 Å². The molecule has 6 heteroatoms. The zero-order valence-corrected chi connectivity index (χ0v) is 12.8. The van der Waals surface area contributed by atoms with Gasteiger partial charge in [0.1, 0.15) is 11.8 Å². The Morgan fingerprint density at radius 3 is 2.76 bits per heavy atom. The van der Waals surface area contributed by atoms with Gasteiger partial charge in [0.25, 0.3) is 0 Å². The highest BCUT2D eigenvalue weighted by Gasteiger charge is 2.19. The largest absolute Gasteiger partial charge is 0.448 e. The second kappa shape index (κ2) is 6.37. The summed E-state index contributed by atoms with van der Waals surface area (Å²) in [5.74, 6) is 0.463. The van der Waals surface area contributed by atoms with Gasteiger partial charge in [-0.3, -0.25) is 10.1 Å². The highest BCUT2D eigenvalue weighted by molar-refractivity contribution is 9.08. The van der Waals surface area contributed by atoms with E-state index in [1.807, 2.05) is 6.07 Å². The van der Waals surface area contributed by atoms with Crippen LogP contribution >= 0.6 is 15.9 Å². The lowest BCUT2D eigenvalue weighted by Gasteiger charge is -2.10. The first-order chi connectivity index (χ1) is 10.1. The molecule has 21 heavy (non-hydrogen) atoms. The quantitative estimate of drug-likeness (QED) is 0.465. The fourth-order valence-electron chi connectivity index (χ4n) is 1.86. The van der Waals surface area contributed by atoms with Crippen molar-refractivity contribution in [2.24, 2.45) is 0 Å². The van der Waals surface area contributed by atoms with Crippen LogP contribution in [0.4, 0.5) is 5.69 Å². The van der Waals surface area contributed by atoms with Crippen molar-refractivity contribution in [3.05, 3.63) is 63.2 Å². The Hall–Kier alpha value is -2.39. The number of alkyl halides is 1. The molecule has 0 amide bonds.